The summed E-state index contributed by atoms with van der Waals surface area (Å²) in [5, 5.41) is 17.7. The van der Waals surface area contributed by atoms with Crippen LogP contribution in [0, 0.1) is 0 Å². The predicted octanol–water partition coefficient (Wildman–Crippen LogP) is 3.38. The van der Waals surface area contributed by atoms with Gasteiger partial charge in [-0.05, 0) is 13.3 Å². The topological polar surface area (TPSA) is 68.0 Å². The Balaban J connectivity index is 2.39. The smallest absolute Gasteiger partial charge is 0.313 e. The van der Waals surface area contributed by atoms with E-state index in [1.807, 2.05) is 11.5 Å². The fraction of sp³-hybridized carbons (Fsp3) is 0.786. The molecule has 114 valence electrons. The van der Waals surface area contributed by atoms with E-state index in [9.17, 15) is 4.79 Å². The minimum absolute atomic E-state index is 0.0369. The molecule has 1 heterocycles. The van der Waals surface area contributed by atoms with E-state index in [-0.39, 0.29) is 5.75 Å². The molecule has 0 bridgehead atoms. The van der Waals surface area contributed by atoms with Crippen molar-refractivity contribution in [3.05, 3.63) is 5.82 Å². The van der Waals surface area contributed by atoms with Gasteiger partial charge >= 0.3 is 5.97 Å². The Morgan fingerprint density at radius 3 is 2.50 bits per heavy atom. The standard InChI is InChI=1S/C14H25N3O2S/c1-3-5-6-7-8-9-10-12-15-16-14(17(12)4-2)20-11-13(18)19/h3-11H2,1-2H3,(H,18,19). The maximum atomic E-state index is 10.6. The van der Waals surface area contributed by atoms with Crippen LogP contribution < -0.4 is 0 Å². The highest BCUT2D eigenvalue weighted by Gasteiger charge is 2.12. The molecule has 0 spiro atoms. The molecule has 6 heteroatoms. The van der Waals surface area contributed by atoms with Gasteiger partial charge in [0.1, 0.15) is 5.82 Å². The van der Waals surface area contributed by atoms with Crippen LogP contribution in [-0.4, -0.2) is 31.6 Å². The summed E-state index contributed by atoms with van der Waals surface area (Å²) in [4.78, 5) is 10.6. The number of aliphatic carboxylic acids is 1. The van der Waals surface area contributed by atoms with Gasteiger partial charge in [0.2, 0.25) is 0 Å². The Bertz CT molecular complexity index is 407. The third kappa shape index (κ3) is 5.94. The molecular weight excluding hydrogens is 274 g/mol. The zero-order valence-electron chi connectivity index (χ0n) is 12.5. The Morgan fingerprint density at radius 2 is 1.85 bits per heavy atom. The second-order valence-electron chi connectivity index (χ2n) is 4.84. The van der Waals surface area contributed by atoms with Crippen molar-refractivity contribution in [2.24, 2.45) is 0 Å². The largest absolute Gasteiger partial charge is 0.481 e. The van der Waals surface area contributed by atoms with Crippen LogP contribution in [0.3, 0.4) is 0 Å². The number of carboxylic acid groups (broad SMARTS) is 1. The lowest BCUT2D eigenvalue weighted by atomic mass is 10.1. The van der Waals surface area contributed by atoms with E-state index < -0.39 is 5.97 Å². The molecule has 0 atom stereocenters. The number of aryl methyl sites for hydroxylation is 1. The van der Waals surface area contributed by atoms with Crippen molar-refractivity contribution in [2.45, 2.75) is 70.5 Å². The molecule has 0 aliphatic rings. The van der Waals surface area contributed by atoms with Crippen molar-refractivity contribution in [2.75, 3.05) is 5.75 Å². The molecule has 1 N–H and O–H groups in total. The molecular formula is C14H25N3O2S. The number of thioether (sulfide) groups is 1. The first-order valence-electron chi connectivity index (χ1n) is 7.45. The minimum Gasteiger partial charge on any atom is -0.481 e. The van der Waals surface area contributed by atoms with E-state index in [1.54, 1.807) is 0 Å². The molecule has 1 rings (SSSR count). The third-order valence-corrected chi connectivity index (χ3v) is 4.14. The number of unbranched alkanes of at least 4 members (excludes halogenated alkanes) is 5. The van der Waals surface area contributed by atoms with Crippen LogP contribution in [0.15, 0.2) is 5.16 Å². The summed E-state index contributed by atoms with van der Waals surface area (Å²) >= 11 is 1.24. The van der Waals surface area contributed by atoms with Gasteiger partial charge in [0.25, 0.3) is 0 Å². The molecule has 5 nitrogen and oxygen atoms in total. The molecule has 0 aliphatic heterocycles. The lowest BCUT2D eigenvalue weighted by molar-refractivity contribution is -0.133. The van der Waals surface area contributed by atoms with Crippen LogP contribution in [0.5, 0.6) is 0 Å². The molecule has 0 aromatic carbocycles. The molecule has 0 radical (unpaired) electrons. The van der Waals surface area contributed by atoms with Crippen molar-refractivity contribution in [1.82, 2.24) is 14.8 Å². The van der Waals surface area contributed by atoms with Crippen molar-refractivity contribution in [3.63, 3.8) is 0 Å². The quantitative estimate of drug-likeness (QED) is 0.501. The highest BCUT2D eigenvalue weighted by molar-refractivity contribution is 7.99. The number of hydrogen-bond donors (Lipinski definition) is 1. The second-order valence-corrected chi connectivity index (χ2v) is 5.79. The van der Waals surface area contributed by atoms with Crippen LogP contribution in [0.4, 0.5) is 0 Å². The number of rotatable bonds is 11. The first-order chi connectivity index (χ1) is 9.69. The van der Waals surface area contributed by atoms with Gasteiger partial charge in [-0.3, -0.25) is 4.79 Å². The molecule has 1 aromatic rings. The van der Waals surface area contributed by atoms with E-state index in [0.29, 0.717) is 0 Å². The van der Waals surface area contributed by atoms with Gasteiger partial charge < -0.3 is 9.67 Å². The first kappa shape index (κ1) is 17.0. The highest BCUT2D eigenvalue weighted by atomic mass is 32.2. The van der Waals surface area contributed by atoms with Gasteiger partial charge in [-0.25, -0.2) is 0 Å². The molecule has 0 amide bonds. The lowest BCUT2D eigenvalue weighted by Crippen LogP contribution is -2.05. The Hall–Kier alpha value is -1.04. The van der Waals surface area contributed by atoms with Crippen molar-refractivity contribution in [1.29, 1.82) is 0 Å². The Morgan fingerprint density at radius 1 is 1.15 bits per heavy atom. The fourth-order valence-electron chi connectivity index (χ4n) is 2.12. The monoisotopic (exact) mass is 299 g/mol. The van der Waals surface area contributed by atoms with E-state index in [4.69, 9.17) is 5.11 Å². The predicted molar refractivity (Wildman–Crippen MR) is 81.1 cm³/mol. The SMILES string of the molecule is CCCCCCCCc1nnc(SCC(=O)O)n1CC. The average molecular weight is 299 g/mol. The second kappa shape index (κ2) is 9.80. The van der Waals surface area contributed by atoms with Gasteiger partial charge in [-0.2, -0.15) is 0 Å². The zero-order valence-corrected chi connectivity index (χ0v) is 13.3. The molecule has 1 aromatic heterocycles. The van der Waals surface area contributed by atoms with Crippen LogP contribution >= 0.6 is 11.8 Å². The number of hydrogen-bond acceptors (Lipinski definition) is 4. The van der Waals surface area contributed by atoms with Crippen LogP contribution in [0.2, 0.25) is 0 Å². The van der Waals surface area contributed by atoms with Crippen LogP contribution in [0.1, 0.15) is 58.2 Å². The van der Waals surface area contributed by atoms with Gasteiger partial charge in [0.15, 0.2) is 5.16 Å². The van der Waals surface area contributed by atoms with E-state index in [2.05, 4.69) is 17.1 Å². The fourth-order valence-corrected chi connectivity index (χ4v) is 2.86. The summed E-state index contributed by atoms with van der Waals surface area (Å²) in [6, 6.07) is 0. The number of nitrogens with zero attached hydrogens (tertiary/aromatic N) is 3. The normalized spacial score (nSPS) is 10.9. The van der Waals surface area contributed by atoms with Crippen LogP contribution in [0.25, 0.3) is 0 Å². The zero-order chi connectivity index (χ0) is 14.8. The van der Waals surface area contributed by atoms with Gasteiger partial charge in [0.05, 0.1) is 5.75 Å². The minimum atomic E-state index is -0.821. The first-order valence-corrected chi connectivity index (χ1v) is 8.44. The van der Waals surface area contributed by atoms with Gasteiger partial charge in [-0.15, -0.1) is 10.2 Å². The van der Waals surface area contributed by atoms with Crippen molar-refractivity contribution < 1.29 is 9.90 Å². The summed E-state index contributed by atoms with van der Waals surface area (Å²) in [5.41, 5.74) is 0. The molecule has 20 heavy (non-hydrogen) atoms. The third-order valence-electron chi connectivity index (χ3n) is 3.19. The van der Waals surface area contributed by atoms with E-state index >= 15 is 0 Å². The average Bonchev–Trinajstić information content (AvgIpc) is 2.82. The summed E-state index contributed by atoms with van der Waals surface area (Å²) < 4.78 is 2.03. The maximum absolute atomic E-state index is 10.6. The lowest BCUT2D eigenvalue weighted by Gasteiger charge is -2.06. The van der Waals surface area contributed by atoms with Crippen molar-refractivity contribution >= 4 is 17.7 Å². The number of carbonyl (C=O) groups is 1. The maximum Gasteiger partial charge on any atom is 0.313 e. The summed E-state index contributed by atoms with van der Waals surface area (Å²) in [6.07, 6.45) is 8.49. The van der Waals surface area contributed by atoms with Crippen molar-refractivity contribution in [3.8, 4) is 0 Å². The molecule has 0 unspecified atom stereocenters. The highest BCUT2D eigenvalue weighted by Crippen LogP contribution is 2.18. The number of carboxylic acids is 1. The van der Waals surface area contributed by atoms with E-state index in [0.717, 1.165) is 30.4 Å². The summed E-state index contributed by atoms with van der Waals surface area (Å²) in [6.45, 7) is 5.05. The molecule has 0 aliphatic carbocycles. The Kier molecular flexibility index (Phi) is 8.34. The summed E-state index contributed by atoms with van der Waals surface area (Å²) in [7, 11) is 0. The van der Waals surface area contributed by atoms with Gasteiger partial charge in [-0.1, -0.05) is 50.8 Å². The molecule has 0 saturated carbocycles. The summed E-state index contributed by atoms with van der Waals surface area (Å²) in [5.74, 6) is 0.198. The Labute approximate surface area is 125 Å². The number of aromatic nitrogens is 3. The molecule has 0 fully saturated rings. The van der Waals surface area contributed by atoms with Gasteiger partial charge in [0, 0.05) is 13.0 Å². The van der Waals surface area contributed by atoms with E-state index in [1.165, 1.54) is 43.9 Å². The van der Waals surface area contributed by atoms with Crippen LogP contribution in [-0.2, 0) is 17.8 Å². The molecule has 0 saturated heterocycles.